The van der Waals surface area contributed by atoms with Gasteiger partial charge in [-0.05, 0) is 49.1 Å². The van der Waals surface area contributed by atoms with Crippen LogP contribution in [0.1, 0.15) is 36.6 Å². The van der Waals surface area contributed by atoms with E-state index in [0.717, 1.165) is 55.4 Å². The van der Waals surface area contributed by atoms with Gasteiger partial charge in [-0.25, -0.2) is 15.0 Å². The van der Waals surface area contributed by atoms with Crippen LogP contribution < -0.4 is 20.4 Å². The first-order valence-electron chi connectivity index (χ1n) is 11.4. The summed E-state index contributed by atoms with van der Waals surface area (Å²) < 4.78 is 0. The molecule has 9 nitrogen and oxygen atoms in total. The fourth-order valence-electron chi connectivity index (χ4n) is 4.41. The Morgan fingerprint density at radius 2 is 1.79 bits per heavy atom. The molecule has 33 heavy (non-hydrogen) atoms. The number of aromatic nitrogens is 4. The number of fused-ring (bicyclic) bond motifs is 1. The topological polar surface area (TPSA) is 99.2 Å². The molecule has 0 atom stereocenters. The molecule has 2 aliphatic rings. The number of nitrogens with one attached hydrogen (secondary N) is 2. The molecule has 2 aromatic heterocycles. The van der Waals surface area contributed by atoms with E-state index in [2.05, 4.69) is 47.5 Å². The van der Waals surface area contributed by atoms with Crippen LogP contribution in [-0.4, -0.2) is 45.5 Å². The van der Waals surface area contributed by atoms with Crippen molar-refractivity contribution in [2.24, 2.45) is 0 Å². The van der Waals surface area contributed by atoms with Crippen LogP contribution in [0.25, 0.3) is 0 Å². The Morgan fingerprint density at radius 3 is 2.61 bits per heavy atom. The number of hydrogen-bond donors (Lipinski definition) is 2. The molecular formula is C24H28N8O. The van der Waals surface area contributed by atoms with E-state index >= 15 is 0 Å². The number of hydrogen-bond acceptors (Lipinski definition) is 8. The molecule has 3 aromatic rings. The minimum absolute atomic E-state index is 0.106. The minimum Gasteiger partial charge on any atom is -0.357 e. The fourth-order valence-corrected chi connectivity index (χ4v) is 4.41. The van der Waals surface area contributed by atoms with Gasteiger partial charge < -0.3 is 20.4 Å². The number of amides is 1. The van der Waals surface area contributed by atoms with Gasteiger partial charge in [0.05, 0.1) is 0 Å². The Labute approximate surface area is 193 Å². The zero-order chi connectivity index (χ0) is 22.8. The summed E-state index contributed by atoms with van der Waals surface area (Å²) in [6.07, 6.45) is 4.89. The van der Waals surface area contributed by atoms with Crippen LogP contribution >= 0.6 is 0 Å². The molecule has 2 aliphatic heterocycles. The van der Waals surface area contributed by atoms with Crippen LogP contribution in [-0.2, 0) is 17.8 Å². The Bertz CT molecular complexity index is 1170. The van der Waals surface area contributed by atoms with Crippen LogP contribution in [0.4, 0.5) is 29.1 Å². The summed E-state index contributed by atoms with van der Waals surface area (Å²) in [5.74, 6) is 2.10. The van der Waals surface area contributed by atoms with Crippen molar-refractivity contribution in [3.05, 3.63) is 53.5 Å². The highest BCUT2D eigenvalue weighted by Gasteiger charge is 2.22. The van der Waals surface area contributed by atoms with Crippen molar-refractivity contribution in [2.75, 3.05) is 40.1 Å². The van der Waals surface area contributed by atoms with E-state index in [1.807, 2.05) is 25.1 Å². The lowest BCUT2D eigenvalue weighted by Crippen LogP contribution is -2.33. The van der Waals surface area contributed by atoms with Gasteiger partial charge in [0.15, 0.2) is 0 Å². The molecule has 0 saturated carbocycles. The quantitative estimate of drug-likeness (QED) is 0.617. The summed E-state index contributed by atoms with van der Waals surface area (Å²) in [4.78, 5) is 34.3. The summed E-state index contributed by atoms with van der Waals surface area (Å²) in [6.45, 7) is 7.18. The third-order valence-electron chi connectivity index (χ3n) is 6.20. The number of pyridine rings is 1. The Hall–Kier alpha value is -3.75. The van der Waals surface area contributed by atoms with Crippen molar-refractivity contribution in [2.45, 2.75) is 39.7 Å². The molecule has 2 N–H and O–H groups in total. The lowest BCUT2D eigenvalue weighted by molar-refractivity contribution is -0.114. The summed E-state index contributed by atoms with van der Waals surface area (Å²) in [5.41, 5.74) is 4.91. The van der Waals surface area contributed by atoms with Crippen LogP contribution in [0.15, 0.2) is 36.7 Å². The molecule has 1 aromatic carbocycles. The van der Waals surface area contributed by atoms with Gasteiger partial charge in [-0.3, -0.25) is 4.79 Å². The molecule has 0 aliphatic carbocycles. The number of anilines is 5. The third-order valence-corrected chi connectivity index (χ3v) is 6.20. The van der Waals surface area contributed by atoms with Gasteiger partial charge in [-0.2, -0.15) is 4.98 Å². The Kier molecular flexibility index (Phi) is 5.77. The van der Waals surface area contributed by atoms with E-state index in [1.165, 1.54) is 37.4 Å². The van der Waals surface area contributed by atoms with E-state index in [0.29, 0.717) is 11.9 Å². The zero-order valence-electron chi connectivity index (χ0n) is 19.0. The molecule has 0 radical (unpaired) electrons. The monoisotopic (exact) mass is 444 g/mol. The van der Waals surface area contributed by atoms with Crippen molar-refractivity contribution in [1.82, 2.24) is 19.9 Å². The molecule has 0 unspecified atom stereocenters. The SMILES string of the molecule is CC(=O)Nc1cccc(Nc2ncnc(N3CCc4nc(N5CCCC5)ccc4C3)n2)c1C. The van der Waals surface area contributed by atoms with E-state index in [4.69, 9.17) is 4.98 Å². The van der Waals surface area contributed by atoms with Gasteiger partial charge >= 0.3 is 0 Å². The molecule has 5 rings (SSSR count). The predicted octanol–water partition coefficient (Wildman–Crippen LogP) is 3.44. The van der Waals surface area contributed by atoms with E-state index in [9.17, 15) is 4.79 Å². The molecule has 4 heterocycles. The number of carbonyl (C=O) groups is 1. The molecule has 1 saturated heterocycles. The maximum atomic E-state index is 11.5. The van der Waals surface area contributed by atoms with Crippen LogP contribution in [0.5, 0.6) is 0 Å². The maximum Gasteiger partial charge on any atom is 0.232 e. The second-order valence-electron chi connectivity index (χ2n) is 8.53. The summed E-state index contributed by atoms with van der Waals surface area (Å²) in [6, 6.07) is 10.0. The first-order chi connectivity index (χ1) is 16.1. The van der Waals surface area contributed by atoms with Gasteiger partial charge in [-0.15, -0.1) is 0 Å². The minimum atomic E-state index is -0.106. The van der Waals surface area contributed by atoms with Gasteiger partial charge in [0.1, 0.15) is 12.1 Å². The average Bonchev–Trinajstić information content (AvgIpc) is 3.36. The number of rotatable bonds is 5. The lowest BCUT2D eigenvalue weighted by Gasteiger charge is -2.29. The number of nitrogens with zero attached hydrogens (tertiary/aromatic N) is 6. The zero-order valence-corrected chi connectivity index (χ0v) is 19.0. The summed E-state index contributed by atoms with van der Waals surface area (Å²) in [5, 5.41) is 6.11. The van der Waals surface area contributed by atoms with Crippen molar-refractivity contribution in [3.63, 3.8) is 0 Å². The molecule has 9 heteroatoms. The van der Waals surface area contributed by atoms with Crippen molar-refractivity contribution < 1.29 is 4.79 Å². The Morgan fingerprint density at radius 1 is 0.970 bits per heavy atom. The van der Waals surface area contributed by atoms with Crippen molar-refractivity contribution >= 4 is 35.0 Å². The first kappa shape index (κ1) is 21.1. The van der Waals surface area contributed by atoms with Gasteiger partial charge in [0.2, 0.25) is 17.8 Å². The third kappa shape index (κ3) is 4.57. The molecule has 0 bridgehead atoms. The highest BCUT2D eigenvalue weighted by atomic mass is 16.1. The number of benzene rings is 1. The van der Waals surface area contributed by atoms with E-state index in [-0.39, 0.29) is 5.91 Å². The second-order valence-corrected chi connectivity index (χ2v) is 8.53. The molecule has 1 amide bonds. The second kappa shape index (κ2) is 9.01. The fraction of sp³-hybridized carbons (Fsp3) is 0.375. The van der Waals surface area contributed by atoms with Crippen LogP contribution in [0, 0.1) is 6.92 Å². The van der Waals surface area contributed by atoms with Crippen LogP contribution in [0.3, 0.4) is 0 Å². The normalized spacial score (nSPS) is 15.3. The number of carbonyl (C=O) groups excluding carboxylic acids is 1. The predicted molar refractivity (Wildman–Crippen MR) is 129 cm³/mol. The average molecular weight is 445 g/mol. The standard InChI is InChI=1S/C24H28N8O/c1-16-19(27-17(2)33)6-5-7-20(16)29-23-25-15-26-24(30-23)32-13-10-21-18(14-32)8-9-22(28-21)31-11-3-4-12-31/h5-9,15H,3-4,10-14H2,1-2H3,(H,27,33)(H,25,26,29,30). The van der Waals surface area contributed by atoms with Gasteiger partial charge in [-0.1, -0.05) is 12.1 Å². The highest BCUT2D eigenvalue weighted by Crippen LogP contribution is 2.27. The molecule has 1 fully saturated rings. The van der Waals surface area contributed by atoms with Gasteiger partial charge in [0, 0.05) is 56.6 Å². The Balaban J connectivity index is 1.32. The maximum absolute atomic E-state index is 11.5. The largest absolute Gasteiger partial charge is 0.357 e. The highest BCUT2D eigenvalue weighted by molar-refractivity contribution is 5.90. The summed E-state index contributed by atoms with van der Waals surface area (Å²) >= 11 is 0. The molecule has 170 valence electrons. The first-order valence-corrected chi connectivity index (χ1v) is 11.4. The molecular weight excluding hydrogens is 416 g/mol. The van der Waals surface area contributed by atoms with E-state index in [1.54, 1.807) is 0 Å². The summed E-state index contributed by atoms with van der Waals surface area (Å²) in [7, 11) is 0. The van der Waals surface area contributed by atoms with E-state index < -0.39 is 0 Å². The van der Waals surface area contributed by atoms with Gasteiger partial charge in [0.25, 0.3) is 0 Å². The lowest BCUT2D eigenvalue weighted by atomic mass is 10.1. The van der Waals surface area contributed by atoms with Crippen molar-refractivity contribution in [3.8, 4) is 0 Å². The van der Waals surface area contributed by atoms with Crippen LogP contribution in [0.2, 0.25) is 0 Å². The van der Waals surface area contributed by atoms with Crippen molar-refractivity contribution in [1.29, 1.82) is 0 Å². The molecule has 0 spiro atoms. The smallest absolute Gasteiger partial charge is 0.232 e.